The van der Waals surface area contributed by atoms with E-state index in [1.165, 1.54) is 13.3 Å². The molecule has 0 bridgehead atoms. The van der Waals surface area contributed by atoms with E-state index < -0.39 is 12.7 Å². The van der Waals surface area contributed by atoms with Gasteiger partial charge >= 0.3 is 6.18 Å². The highest BCUT2D eigenvalue weighted by Gasteiger charge is 2.27. The largest absolute Gasteiger partial charge is 0.495 e. The summed E-state index contributed by atoms with van der Waals surface area (Å²) in [6.45, 7) is 0.702. The minimum Gasteiger partial charge on any atom is -0.495 e. The number of hydrogen-bond acceptors (Lipinski definition) is 7. The van der Waals surface area contributed by atoms with Gasteiger partial charge in [0.05, 0.1) is 32.2 Å². The minimum absolute atomic E-state index is 0.00892. The molecule has 1 amide bonds. The van der Waals surface area contributed by atoms with E-state index in [-0.39, 0.29) is 22.7 Å². The number of alkyl halides is 3. The van der Waals surface area contributed by atoms with E-state index in [0.717, 1.165) is 0 Å². The first-order chi connectivity index (χ1) is 14.3. The van der Waals surface area contributed by atoms with Crippen LogP contribution in [0.25, 0.3) is 0 Å². The molecule has 1 aromatic carbocycles. The number of aromatic nitrogens is 2. The van der Waals surface area contributed by atoms with Gasteiger partial charge in [-0.25, -0.2) is 4.98 Å². The maximum atomic E-state index is 12.6. The third-order valence-corrected chi connectivity index (χ3v) is 4.47. The average Bonchev–Trinajstić information content (AvgIpc) is 2.74. The van der Waals surface area contributed by atoms with Crippen LogP contribution in [0.5, 0.6) is 5.75 Å². The molecule has 3 rings (SSSR count). The second kappa shape index (κ2) is 9.35. The number of nitrogens with one attached hydrogen (secondary N) is 2. The van der Waals surface area contributed by atoms with Crippen LogP contribution in [0.3, 0.4) is 0 Å². The average molecular weight is 446 g/mol. The van der Waals surface area contributed by atoms with Crippen LogP contribution in [-0.4, -0.2) is 66.9 Å². The summed E-state index contributed by atoms with van der Waals surface area (Å²) >= 11 is 5.86. The number of benzene rings is 1. The lowest BCUT2D eigenvalue weighted by Gasteiger charge is -2.27. The summed E-state index contributed by atoms with van der Waals surface area (Å²) in [6, 6.07) is 4.79. The van der Waals surface area contributed by atoms with E-state index in [0.29, 0.717) is 43.3 Å². The van der Waals surface area contributed by atoms with Gasteiger partial charge in [0.1, 0.15) is 17.3 Å². The first-order valence-electron chi connectivity index (χ1n) is 8.92. The Bertz CT molecular complexity index is 907. The third-order valence-electron chi connectivity index (χ3n) is 4.19. The molecular weight excluding hydrogens is 427 g/mol. The van der Waals surface area contributed by atoms with Gasteiger partial charge in [-0.3, -0.25) is 4.79 Å². The Morgan fingerprint density at radius 1 is 1.33 bits per heavy atom. The lowest BCUT2D eigenvalue weighted by atomic mass is 10.1. The molecule has 0 saturated carbocycles. The first-order valence-corrected chi connectivity index (χ1v) is 9.30. The van der Waals surface area contributed by atoms with Gasteiger partial charge in [-0.1, -0.05) is 11.6 Å². The topological polar surface area (TPSA) is 88.6 Å². The molecule has 1 aliphatic heterocycles. The van der Waals surface area contributed by atoms with Crippen molar-refractivity contribution in [3.05, 3.63) is 35.0 Å². The molecule has 0 spiro atoms. The summed E-state index contributed by atoms with van der Waals surface area (Å²) < 4.78 is 47.9. The quantitative estimate of drug-likeness (QED) is 0.705. The fourth-order valence-electron chi connectivity index (χ4n) is 2.73. The number of carbonyl (C=O) groups excluding carboxylic acids is 1. The van der Waals surface area contributed by atoms with Crippen molar-refractivity contribution in [2.75, 3.05) is 50.6 Å². The van der Waals surface area contributed by atoms with E-state index in [4.69, 9.17) is 21.1 Å². The molecule has 30 heavy (non-hydrogen) atoms. The van der Waals surface area contributed by atoms with Crippen molar-refractivity contribution < 1.29 is 27.4 Å². The number of amides is 1. The highest BCUT2D eigenvalue weighted by molar-refractivity contribution is 6.32. The number of morpholine rings is 1. The summed E-state index contributed by atoms with van der Waals surface area (Å²) in [7, 11) is 1.43. The molecule has 0 aliphatic carbocycles. The van der Waals surface area contributed by atoms with Crippen LogP contribution >= 0.6 is 11.6 Å². The smallest absolute Gasteiger partial charge is 0.405 e. The summed E-state index contributed by atoms with van der Waals surface area (Å²) in [5.74, 6) is 0.0428. The summed E-state index contributed by atoms with van der Waals surface area (Å²) in [5.41, 5.74) is 0.865. The predicted molar refractivity (Wildman–Crippen MR) is 105 cm³/mol. The van der Waals surface area contributed by atoms with E-state index in [1.807, 2.05) is 0 Å². The number of hydrogen-bond donors (Lipinski definition) is 2. The number of halogens is 4. The van der Waals surface area contributed by atoms with Crippen LogP contribution in [0.1, 0.15) is 10.4 Å². The molecule has 1 fully saturated rings. The van der Waals surface area contributed by atoms with Crippen LogP contribution < -0.4 is 15.4 Å². The zero-order chi connectivity index (χ0) is 21.7. The molecule has 162 valence electrons. The third kappa shape index (κ3) is 5.63. The lowest BCUT2D eigenvalue weighted by molar-refractivity contribution is -0.115. The van der Waals surface area contributed by atoms with Crippen molar-refractivity contribution in [1.82, 2.24) is 14.9 Å². The van der Waals surface area contributed by atoms with Crippen LogP contribution in [0.2, 0.25) is 5.02 Å². The van der Waals surface area contributed by atoms with Gasteiger partial charge in [-0.05, 0) is 18.2 Å². The Morgan fingerprint density at radius 2 is 2.07 bits per heavy atom. The Labute approximate surface area is 175 Å². The summed E-state index contributed by atoms with van der Waals surface area (Å²) in [5, 5.41) is 4.94. The molecule has 0 unspecified atom stereocenters. The molecule has 2 heterocycles. The van der Waals surface area contributed by atoms with E-state index in [9.17, 15) is 18.0 Å². The number of methoxy groups -OCH3 is 1. The number of nitrogens with zero attached hydrogens (tertiary/aromatic N) is 3. The number of carbonyl (C=O) groups is 1. The molecule has 2 N–H and O–H groups in total. The van der Waals surface area contributed by atoms with Crippen molar-refractivity contribution in [3.8, 4) is 5.75 Å². The second-order valence-electron chi connectivity index (χ2n) is 6.30. The van der Waals surface area contributed by atoms with Gasteiger partial charge in [-0.2, -0.15) is 18.2 Å². The van der Waals surface area contributed by atoms with Crippen molar-refractivity contribution in [1.29, 1.82) is 0 Å². The van der Waals surface area contributed by atoms with Gasteiger partial charge in [-0.15, -0.1) is 0 Å². The highest BCUT2D eigenvalue weighted by Crippen LogP contribution is 2.30. The van der Waals surface area contributed by atoms with Crippen molar-refractivity contribution in [2.24, 2.45) is 0 Å². The molecular formula is C18H19ClF3N5O3. The Hall–Kier alpha value is -2.79. The Kier molecular flexibility index (Phi) is 6.83. The molecule has 0 atom stereocenters. The highest BCUT2D eigenvalue weighted by atomic mass is 35.5. The first kappa shape index (κ1) is 21.9. The Morgan fingerprint density at radius 3 is 2.73 bits per heavy atom. The fraction of sp³-hybridized carbons (Fsp3) is 0.389. The SMILES string of the molecule is COc1cc(C(=O)N2CCOCC2)ccc1Nc1ncc(Cl)c(NCC(F)(F)F)n1. The van der Waals surface area contributed by atoms with E-state index >= 15 is 0 Å². The van der Waals surface area contributed by atoms with Crippen LogP contribution in [0, 0.1) is 0 Å². The van der Waals surface area contributed by atoms with Gasteiger partial charge in [0.2, 0.25) is 5.95 Å². The zero-order valence-electron chi connectivity index (χ0n) is 15.9. The van der Waals surface area contributed by atoms with Gasteiger partial charge < -0.3 is 25.0 Å². The zero-order valence-corrected chi connectivity index (χ0v) is 16.7. The molecule has 8 nitrogen and oxygen atoms in total. The lowest BCUT2D eigenvalue weighted by Crippen LogP contribution is -2.40. The van der Waals surface area contributed by atoms with Crippen molar-refractivity contribution in [3.63, 3.8) is 0 Å². The Balaban J connectivity index is 1.77. The van der Waals surface area contributed by atoms with Crippen molar-refractivity contribution in [2.45, 2.75) is 6.18 Å². The fourth-order valence-corrected chi connectivity index (χ4v) is 2.89. The van der Waals surface area contributed by atoms with Crippen molar-refractivity contribution >= 4 is 35.0 Å². The second-order valence-corrected chi connectivity index (χ2v) is 6.71. The number of rotatable bonds is 6. The predicted octanol–water partition coefficient (Wildman–Crippen LogP) is 3.33. The van der Waals surface area contributed by atoms with E-state index in [1.54, 1.807) is 23.1 Å². The summed E-state index contributed by atoms with van der Waals surface area (Å²) in [6.07, 6.45) is -3.24. The van der Waals surface area contributed by atoms with Gasteiger partial charge in [0, 0.05) is 18.7 Å². The van der Waals surface area contributed by atoms with Crippen LogP contribution in [-0.2, 0) is 4.74 Å². The maximum Gasteiger partial charge on any atom is 0.405 e. The van der Waals surface area contributed by atoms with E-state index in [2.05, 4.69) is 20.6 Å². The monoisotopic (exact) mass is 445 g/mol. The van der Waals surface area contributed by atoms with Crippen LogP contribution in [0.4, 0.5) is 30.6 Å². The molecule has 1 saturated heterocycles. The molecule has 0 radical (unpaired) electrons. The normalized spacial score (nSPS) is 14.4. The maximum absolute atomic E-state index is 12.6. The molecule has 2 aromatic rings. The number of anilines is 3. The van der Waals surface area contributed by atoms with Gasteiger partial charge in [0.15, 0.2) is 5.82 Å². The molecule has 1 aromatic heterocycles. The summed E-state index contributed by atoms with van der Waals surface area (Å²) in [4.78, 5) is 22.2. The molecule has 12 heteroatoms. The minimum atomic E-state index is -4.42. The standard InChI is InChI=1S/C18H19ClF3N5O3/c1-29-14-8-11(16(28)27-4-6-30-7-5-27)2-3-13(14)25-17-23-9-12(19)15(26-17)24-10-18(20,21)22/h2-3,8-9H,4-7,10H2,1H3,(H2,23,24,25,26). The number of ether oxygens (including phenoxy) is 2. The molecule has 1 aliphatic rings. The van der Waals surface area contributed by atoms with Gasteiger partial charge in [0.25, 0.3) is 5.91 Å². The van der Waals surface area contributed by atoms with Crippen LogP contribution in [0.15, 0.2) is 24.4 Å².